The summed E-state index contributed by atoms with van der Waals surface area (Å²) in [7, 11) is -4.16. The molecule has 2 rings (SSSR count). The molecule has 1 aliphatic rings. The summed E-state index contributed by atoms with van der Waals surface area (Å²) in [6.07, 6.45) is 0. The Morgan fingerprint density at radius 3 is 2.45 bits per heavy atom. The molecular weight excluding hydrogens is 346 g/mol. The fraction of sp³-hybridized carbons (Fsp3) is 0.231. The number of rotatable bonds is 4. The Labute approximate surface area is 137 Å². The number of phenols is 1. The summed E-state index contributed by atoms with van der Waals surface area (Å²) >= 11 is 6.18. The lowest BCUT2D eigenvalue weighted by atomic mass is 10.1. The van der Waals surface area contributed by atoms with Crippen LogP contribution in [0.1, 0.15) is 12.5 Å². The van der Waals surface area contributed by atoms with Crippen molar-refractivity contribution in [3.05, 3.63) is 34.7 Å². The van der Waals surface area contributed by atoms with Gasteiger partial charge in [0.15, 0.2) is 0 Å². The second-order valence-corrected chi connectivity index (χ2v) is 7.83. The molecule has 118 valence electrons. The number of amides is 1. The summed E-state index contributed by atoms with van der Waals surface area (Å²) < 4.78 is 30.6. The van der Waals surface area contributed by atoms with Crippen LogP contribution in [0.3, 0.4) is 0 Å². The second-order valence-electron chi connectivity index (χ2n) is 4.61. The van der Waals surface area contributed by atoms with Crippen LogP contribution in [0, 0.1) is 0 Å². The van der Waals surface area contributed by atoms with Crippen LogP contribution in [0.15, 0.2) is 29.2 Å². The number of phenolic OH excluding ortho intramolecular Hbond substituents is 1. The Morgan fingerprint density at radius 1 is 1.32 bits per heavy atom. The molecule has 0 bridgehead atoms. The Balaban J connectivity index is 2.26. The molecule has 1 aliphatic heterocycles. The van der Waals surface area contributed by atoms with Crippen LogP contribution in [0.2, 0.25) is 0 Å². The van der Waals surface area contributed by atoms with Crippen molar-refractivity contribution in [1.29, 1.82) is 0 Å². The number of hydrogen-bond acceptors (Lipinski definition) is 6. The molecule has 0 unspecified atom stereocenters. The van der Waals surface area contributed by atoms with Gasteiger partial charge in [0.2, 0.25) is 0 Å². The average molecular weight is 359 g/mol. The van der Waals surface area contributed by atoms with Gasteiger partial charge in [-0.1, -0.05) is 36.1 Å². The van der Waals surface area contributed by atoms with E-state index >= 15 is 0 Å². The van der Waals surface area contributed by atoms with Crippen molar-refractivity contribution in [1.82, 2.24) is 4.90 Å². The van der Waals surface area contributed by atoms with E-state index in [2.05, 4.69) is 0 Å². The summed E-state index contributed by atoms with van der Waals surface area (Å²) in [5, 5.41) is 9.29. The lowest BCUT2D eigenvalue weighted by molar-refractivity contribution is -0.121. The van der Waals surface area contributed by atoms with Crippen LogP contribution in [-0.4, -0.2) is 45.5 Å². The summed E-state index contributed by atoms with van der Waals surface area (Å²) in [6.45, 7) is 1.57. The van der Waals surface area contributed by atoms with Crippen molar-refractivity contribution >= 4 is 49.9 Å². The van der Waals surface area contributed by atoms with Gasteiger partial charge >= 0.3 is 0 Å². The van der Waals surface area contributed by atoms with E-state index in [4.69, 9.17) is 16.8 Å². The minimum atomic E-state index is -4.16. The van der Waals surface area contributed by atoms with Crippen LogP contribution < -0.4 is 0 Å². The van der Waals surface area contributed by atoms with Gasteiger partial charge in [0.05, 0.1) is 10.7 Å². The topological polar surface area (TPSA) is 94.9 Å². The maximum atomic E-state index is 12.3. The van der Waals surface area contributed by atoms with Crippen LogP contribution in [0.5, 0.6) is 5.75 Å². The lowest BCUT2D eigenvalue weighted by Crippen LogP contribution is -2.32. The van der Waals surface area contributed by atoms with Gasteiger partial charge in [-0.25, -0.2) is 0 Å². The zero-order valence-corrected chi connectivity index (χ0v) is 14.0. The van der Waals surface area contributed by atoms with Crippen molar-refractivity contribution in [3.63, 3.8) is 0 Å². The third-order valence-electron chi connectivity index (χ3n) is 3.06. The van der Waals surface area contributed by atoms with Gasteiger partial charge in [0.25, 0.3) is 16.0 Å². The zero-order chi connectivity index (χ0) is 16.5. The van der Waals surface area contributed by atoms with Gasteiger partial charge in [-0.3, -0.25) is 14.2 Å². The number of carbonyl (C=O) groups is 1. The average Bonchev–Trinajstić information content (AvgIpc) is 2.71. The van der Waals surface area contributed by atoms with Crippen LogP contribution in [0.25, 0.3) is 5.57 Å². The smallest absolute Gasteiger partial charge is 0.266 e. The Bertz CT molecular complexity index is 752. The molecule has 22 heavy (non-hydrogen) atoms. The Hall–Kier alpha value is -1.42. The summed E-state index contributed by atoms with van der Waals surface area (Å²) in [5.74, 6) is -0.827. The maximum absolute atomic E-state index is 12.3. The van der Waals surface area contributed by atoms with Crippen molar-refractivity contribution in [3.8, 4) is 5.75 Å². The molecule has 0 atom stereocenters. The van der Waals surface area contributed by atoms with Crippen LogP contribution in [-0.2, 0) is 14.9 Å². The van der Waals surface area contributed by atoms with Crippen molar-refractivity contribution in [2.45, 2.75) is 6.92 Å². The molecule has 9 heteroatoms. The summed E-state index contributed by atoms with van der Waals surface area (Å²) in [5.41, 5.74) is 1.44. The number of benzene rings is 1. The van der Waals surface area contributed by atoms with Crippen LogP contribution >= 0.6 is 24.0 Å². The minimum Gasteiger partial charge on any atom is -0.508 e. The highest BCUT2D eigenvalue weighted by Crippen LogP contribution is 2.36. The molecule has 1 aromatic rings. The first-order chi connectivity index (χ1) is 10.2. The van der Waals surface area contributed by atoms with Gasteiger partial charge in [0.1, 0.15) is 10.1 Å². The number of allylic oxidation sites excluding steroid dienone is 1. The van der Waals surface area contributed by atoms with Gasteiger partial charge in [-0.05, 0) is 30.2 Å². The van der Waals surface area contributed by atoms with Crippen LogP contribution in [0.4, 0.5) is 0 Å². The van der Waals surface area contributed by atoms with E-state index in [1.807, 2.05) is 0 Å². The van der Waals surface area contributed by atoms with Crippen molar-refractivity contribution in [2.75, 3.05) is 12.3 Å². The minimum absolute atomic E-state index is 0.122. The number of thiocarbonyl (C=S) groups is 1. The third kappa shape index (κ3) is 3.86. The number of hydrogen-bond donors (Lipinski definition) is 2. The molecule has 0 aromatic heterocycles. The largest absolute Gasteiger partial charge is 0.508 e. The monoisotopic (exact) mass is 359 g/mol. The second kappa shape index (κ2) is 6.37. The molecule has 1 amide bonds. The number of carbonyl (C=O) groups excluding carboxylic acids is 1. The highest BCUT2D eigenvalue weighted by Gasteiger charge is 2.34. The summed E-state index contributed by atoms with van der Waals surface area (Å²) in [4.78, 5) is 13.9. The number of nitrogens with zero attached hydrogens (tertiary/aromatic N) is 1. The predicted octanol–water partition coefficient (Wildman–Crippen LogP) is 1.87. The van der Waals surface area contributed by atoms with Gasteiger partial charge < -0.3 is 5.11 Å². The first-order valence-corrected chi connectivity index (χ1v) is 9.01. The van der Waals surface area contributed by atoms with E-state index in [1.165, 1.54) is 12.1 Å². The highest BCUT2D eigenvalue weighted by molar-refractivity contribution is 8.26. The SMILES string of the molecule is C/C(=C1/SC(=S)N(CCS(=O)(=O)O)C1=O)c1ccc(O)cc1. The molecule has 0 radical (unpaired) electrons. The molecule has 0 spiro atoms. The van der Waals surface area contributed by atoms with Gasteiger partial charge in [-0.2, -0.15) is 8.42 Å². The molecule has 6 nitrogen and oxygen atoms in total. The Kier molecular flexibility index (Phi) is 4.90. The molecule has 1 fully saturated rings. The number of aromatic hydroxyl groups is 1. The van der Waals surface area contributed by atoms with E-state index in [-0.39, 0.29) is 22.5 Å². The first-order valence-electron chi connectivity index (χ1n) is 6.18. The molecule has 0 aliphatic carbocycles. The molecule has 1 aromatic carbocycles. The molecule has 0 saturated carbocycles. The zero-order valence-electron chi connectivity index (χ0n) is 11.5. The van der Waals surface area contributed by atoms with Gasteiger partial charge in [0, 0.05) is 6.54 Å². The van der Waals surface area contributed by atoms with Crippen molar-refractivity contribution < 1.29 is 22.9 Å². The first kappa shape index (κ1) is 16.9. The fourth-order valence-electron chi connectivity index (χ4n) is 1.87. The van der Waals surface area contributed by atoms with Gasteiger partial charge in [-0.15, -0.1) is 0 Å². The number of thioether (sulfide) groups is 1. The van der Waals surface area contributed by atoms with E-state index in [9.17, 15) is 18.3 Å². The highest BCUT2D eigenvalue weighted by atomic mass is 32.2. The molecule has 1 saturated heterocycles. The van der Waals surface area contributed by atoms with E-state index in [1.54, 1.807) is 19.1 Å². The normalized spacial score (nSPS) is 18.0. The molecule has 2 N–H and O–H groups in total. The quantitative estimate of drug-likeness (QED) is 0.481. The standard InChI is InChI=1S/C13H13NO5S3/c1-8(9-2-4-10(15)5-3-9)11-12(16)14(13(20)21-11)6-7-22(17,18)19/h2-5,15H,6-7H2,1H3,(H,17,18,19)/b11-8-. The Morgan fingerprint density at radius 2 is 1.91 bits per heavy atom. The molecule has 1 heterocycles. The molecular formula is C13H13NO5S3. The van der Waals surface area contributed by atoms with E-state index < -0.39 is 15.9 Å². The third-order valence-corrected chi connectivity index (χ3v) is 5.31. The maximum Gasteiger partial charge on any atom is 0.266 e. The fourth-order valence-corrected chi connectivity index (χ4v) is 3.64. The summed E-state index contributed by atoms with van der Waals surface area (Å²) in [6, 6.07) is 6.38. The van der Waals surface area contributed by atoms with E-state index in [0.29, 0.717) is 10.5 Å². The van der Waals surface area contributed by atoms with E-state index in [0.717, 1.165) is 22.2 Å². The predicted molar refractivity (Wildman–Crippen MR) is 89.0 cm³/mol. The van der Waals surface area contributed by atoms with Crippen molar-refractivity contribution in [2.24, 2.45) is 0 Å². The lowest BCUT2D eigenvalue weighted by Gasteiger charge is -2.13.